The fourth-order valence-electron chi connectivity index (χ4n) is 2.74. The van der Waals surface area contributed by atoms with Gasteiger partial charge in [-0.1, -0.05) is 0 Å². The van der Waals surface area contributed by atoms with E-state index in [0.717, 1.165) is 52.4 Å². The third kappa shape index (κ3) is 8.70. The first-order valence-corrected chi connectivity index (χ1v) is 8.03. The minimum absolute atomic E-state index is 0.302. The highest BCUT2D eigenvalue weighted by Crippen LogP contribution is 2.03. The summed E-state index contributed by atoms with van der Waals surface area (Å²) in [7, 11) is 1.73. The molecule has 1 rings (SSSR count). The van der Waals surface area contributed by atoms with Gasteiger partial charge < -0.3 is 14.9 Å². The fraction of sp³-hybridized carbons (Fsp3) is 1.00. The molecule has 0 saturated carbocycles. The quantitative estimate of drug-likeness (QED) is 0.649. The number of aliphatic hydroxyl groups excluding tert-OH is 2. The predicted octanol–water partition coefficient (Wildman–Crippen LogP) is -0.686. The summed E-state index contributed by atoms with van der Waals surface area (Å²) >= 11 is 0. The van der Waals surface area contributed by atoms with Gasteiger partial charge >= 0.3 is 0 Å². The standard InChI is InChI=1S/C15H33N3O3/c1-14(19)12-17-6-4-16(10-11-21-3)5-7-18(9-8-17)13-15(2)20/h14-15,19-20H,4-13H2,1-3H3/t14-,15-/m0/s1. The van der Waals surface area contributed by atoms with E-state index < -0.39 is 0 Å². The summed E-state index contributed by atoms with van der Waals surface area (Å²) in [5.41, 5.74) is 0. The van der Waals surface area contributed by atoms with Crippen molar-refractivity contribution in [2.45, 2.75) is 26.1 Å². The van der Waals surface area contributed by atoms with E-state index in [0.29, 0.717) is 13.1 Å². The molecule has 6 heteroatoms. The van der Waals surface area contributed by atoms with E-state index in [-0.39, 0.29) is 12.2 Å². The number of aliphatic hydroxyl groups is 2. The van der Waals surface area contributed by atoms with Crippen LogP contribution in [0.5, 0.6) is 0 Å². The molecule has 0 aromatic heterocycles. The number of β-amino-alcohol motifs (C(OH)–C–C–N with tert-alkyl or cyclic N) is 2. The molecule has 1 aliphatic rings. The van der Waals surface area contributed by atoms with Gasteiger partial charge in [-0.3, -0.25) is 14.7 Å². The molecular weight excluding hydrogens is 270 g/mol. The van der Waals surface area contributed by atoms with Gasteiger partial charge in [0.2, 0.25) is 0 Å². The largest absolute Gasteiger partial charge is 0.392 e. The second-order valence-corrected chi connectivity index (χ2v) is 6.13. The Kier molecular flexibility index (Phi) is 9.39. The van der Waals surface area contributed by atoms with Crippen LogP contribution in [0.2, 0.25) is 0 Å². The van der Waals surface area contributed by atoms with Gasteiger partial charge in [-0.15, -0.1) is 0 Å². The second kappa shape index (κ2) is 10.5. The summed E-state index contributed by atoms with van der Waals surface area (Å²) in [5, 5.41) is 19.3. The number of hydrogen-bond donors (Lipinski definition) is 2. The molecule has 0 aliphatic carbocycles. The topological polar surface area (TPSA) is 59.4 Å². The number of methoxy groups -OCH3 is 1. The first kappa shape index (κ1) is 18.8. The van der Waals surface area contributed by atoms with Crippen molar-refractivity contribution in [3.05, 3.63) is 0 Å². The van der Waals surface area contributed by atoms with Crippen LogP contribution in [0.4, 0.5) is 0 Å². The zero-order chi connectivity index (χ0) is 15.7. The number of nitrogens with zero attached hydrogens (tertiary/aromatic N) is 3. The maximum absolute atomic E-state index is 9.63. The Balaban J connectivity index is 2.58. The molecule has 0 amide bonds. The zero-order valence-electron chi connectivity index (χ0n) is 13.9. The Morgan fingerprint density at radius 1 is 0.810 bits per heavy atom. The highest BCUT2D eigenvalue weighted by Gasteiger charge is 2.17. The van der Waals surface area contributed by atoms with Crippen molar-refractivity contribution in [2.24, 2.45) is 0 Å². The van der Waals surface area contributed by atoms with Gasteiger partial charge in [0, 0.05) is 66.0 Å². The lowest BCUT2D eigenvalue weighted by Gasteiger charge is -2.27. The summed E-state index contributed by atoms with van der Waals surface area (Å²) in [6.45, 7) is 12.6. The van der Waals surface area contributed by atoms with E-state index in [9.17, 15) is 10.2 Å². The van der Waals surface area contributed by atoms with Crippen molar-refractivity contribution in [3.8, 4) is 0 Å². The molecule has 21 heavy (non-hydrogen) atoms. The van der Waals surface area contributed by atoms with Crippen LogP contribution in [-0.2, 0) is 4.74 Å². The molecular formula is C15H33N3O3. The molecule has 2 N–H and O–H groups in total. The van der Waals surface area contributed by atoms with Gasteiger partial charge in [-0.25, -0.2) is 0 Å². The van der Waals surface area contributed by atoms with Crippen LogP contribution in [-0.4, -0.2) is 110 Å². The van der Waals surface area contributed by atoms with E-state index >= 15 is 0 Å². The van der Waals surface area contributed by atoms with Crippen LogP contribution >= 0.6 is 0 Å². The van der Waals surface area contributed by atoms with Gasteiger partial charge in [-0.2, -0.15) is 0 Å². The van der Waals surface area contributed by atoms with E-state index in [1.54, 1.807) is 7.11 Å². The molecule has 126 valence electrons. The lowest BCUT2D eigenvalue weighted by atomic mass is 10.3. The smallest absolute Gasteiger partial charge is 0.0639 e. The maximum Gasteiger partial charge on any atom is 0.0639 e. The van der Waals surface area contributed by atoms with Crippen molar-refractivity contribution in [1.29, 1.82) is 0 Å². The van der Waals surface area contributed by atoms with Crippen molar-refractivity contribution in [1.82, 2.24) is 14.7 Å². The van der Waals surface area contributed by atoms with E-state index in [1.165, 1.54) is 0 Å². The molecule has 0 aromatic rings. The molecule has 6 nitrogen and oxygen atoms in total. The van der Waals surface area contributed by atoms with E-state index in [2.05, 4.69) is 14.7 Å². The minimum atomic E-state index is -0.302. The van der Waals surface area contributed by atoms with Gasteiger partial charge in [0.1, 0.15) is 0 Å². The third-order valence-electron chi connectivity index (χ3n) is 3.85. The van der Waals surface area contributed by atoms with Gasteiger partial charge in [0.25, 0.3) is 0 Å². The second-order valence-electron chi connectivity index (χ2n) is 6.13. The summed E-state index contributed by atoms with van der Waals surface area (Å²) in [5.74, 6) is 0. The number of ether oxygens (including phenoxy) is 1. The highest BCUT2D eigenvalue weighted by atomic mass is 16.5. The normalized spacial score (nSPS) is 23.3. The number of hydrogen-bond acceptors (Lipinski definition) is 6. The zero-order valence-corrected chi connectivity index (χ0v) is 13.9. The SMILES string of the molecule is COCCN1CCN(C[C@H](C)O)CCN(C[C@H](C)O)CC1. The third-order valence-corrected chi connectivity index (χ3v) is 3.85. The molecule has 1 saturated heterocycles. The summed E-state index contributed by atoms with van der Waals surface area (Å²) in [6.07, 6.45) is -0.605. The number of rotatable bonds is 7. The Labute approximate surface area is 129 Å². The van der Waals surface area contributed by atoms with Crippen LogP contribution < -0.4 is 0 Å². The van der Waals surface area contributed by atoms with Crippen LogP contribution in [0.25, 0.3) is 0 Å². The lowest BCUT2D eigenvalue weighted by molar-refractivity contribution is 0.102. The Hall–Kier alpha value is -0.240. The maximum atomic E-state index is 9.63. The molecule has 1 heterocycles. The van der Waals surface area contributed by atoms with Crippen LogP contribution in [0.3, 0.4) is 0 Å². The van der Waals surface area contributed by atoms with Gasteiger partial charge in [0.05, 0.1) is 18.8 Å². The Bertz CT molecular complexity index is 243. The highest BCUT2D eigenvalue weighted by molar-refractivity contribution is 4.73. The van der Waals surface area contributed by atoms with Gasteiger partial charge in [-0.05, 0) is 13.8 Å². The van der Waals surface area contributed by atoms with Crippen LogP contribution in [0.15, 0.2) is 0 Å². The average Bonchev–Trinajstić information content (AvgIpc) is 2.48. The molecule has 2 atom stereocenters. The van der Waals surface area contributed by atoms with Crippen LogP contribution in [0.1, 0.15) is 13.8 Å². The first-order valence-electron chi connectivity index (χ1n) is 8.03. The molecule has 0 bridgehead atoms. The predicted molar refractivity (Wildman–Crippen MR) is 84.6 cm³/mol. The molecule has 1 fully saturated rings. The van der Waals surface area contributed by atoms with E-state index in [1.807, 2.05) is 13.8 Å². The Morgan fingerprint density at radius 3 is 1.52 bits per heavy atom. The fourth-order valence-corrected chi connectivity index (χ4v) is 2.74. The molecule has 1 aliphatic heterocycles. The minimum Gasteiger partial charge on any atom is -0.392 e. The monoisotopic (exact) mass is 303 g/mol. The summed E-state index contributed by atoms with van der Waals surface area (Å²) in [6, 6.07) is 0. The van der Waals surface area contributed by atoms with Crippen molar-refractivity contribution < 1.29 is 14.9 Å². The molecule has 0 aromatic carbocycles. The molecule has 0 unspecified atom stereocenters. The molecule has 0 spiro atoms. The summed E-state index contributed by atoms with van der Waals surface area (Å²) < 4.78 is 5.18. The van der Waals surface area contributed by atoms with Crippen molar-refractivity contribution in [3.63, 3.8) is 0 Å². The average molecular weight is 303 g/mol. The Morgan fingerprint density at radius 2 is 1.19 bits per heavy atom. The lowest BCUT2D eigenvalue weighted by Crippen LogP contribution is -2.41. The van der Waals surface area contributed by atoms with E-state index in [4.69, 9.17) is 4.74 Å². The van der Waals surface area contributed by atoms with Crippen molar-refractivity contribution >= 4 is 0 Å². The van der Waals surface area contributed by atoms with Crippen LogP contribution in [0, 0.1) is 0 Å². The summed E-state index contributed by atoms with van der Waals surface area (Å²) in [4.78, 5) is 7.02. The first-order chi connectivity index (χ1) is 10.0. The van der Waals surface area contributed by atoms with Crippen molar-refractivity contribution in [2.75, 3.05) is 72.6 Å². The van der Waals surface area contributed by atoms with Gasteiger partial charge in [0.15, 0.2) is 0 Å². The molecule has 0 radical (unpaired) electrons.